The molecule has 0 spiro atoms. The molecule has 2 unspecified atom stereocenters. The molecular formula is C14H23N3O3S. The summed E-state index contributed by atoms with van der Waals surface area (Å²) >= 11 is 1.55. The van der Waals surface area contributed by atoms with E-state index in [1.807, 2.05) is 20.8 Å². The summed E-state index contributed by atoms with van der Waals surface area (Å²) in [5, 5.41) is 15.6. The highest BCUT2D eigenvalue weighted by Crippen LogP contribution is 2.24. The molecule has 2 atom stereocenters. The van der Waals surface area contributed by atoms with Crippen molar-refractivity contribution in [2.75, 3.05) is 6.54 Å². The van der Waals surface area contributed by atoms with Crippen molar-refractivity contribution in [2.45, 2.75) is 47.1 Å². The largest absolute Gasteiger partial charge is 0.481 e. The molecule has 0 saturated heterocycles. The molecule has 7 heteroatoms. The van der Waals surface area contributed by atoms with Gasteiger partial charge >= 0.3 is 12.0 Å². The van der Waals surface area contributed by atoms with Crippen LogP contribution in [-0.4, -0.2) is 28.6 Å². The number of urea groups is 1. The minimum Gasteiger partial charge on any atom is -0.481 e. The predicted molar refractivity (Wildman–Crippen MR) is 82.6 cm³/mol. The smallest absolute Gasteiger partial charge is 0.315 e. The van der Waals surface area contributed by atoms with Crippen LogP contribution in [0, 0.1) is 19.3 Å². The number of nitrogens with zero attached hydrogens (tertiary/aromatic N) is 1. The van der Waals surface area contributed by atoms with Crippen molar-refractivity contribution < 1.29 is 14.7 Å². The lowest BCUT2D eigenvalue weighted by Gasteiger charge is -2.24. The van der Waals surface area contributed by atoms with E-state index in [1.165, 1.54) is 0 Å². The van der Waals surface area contributed by atoms with Crippen LogP contribution in [0.25, 0.3) is 0 Å². The number of amides is 2. The van der Waals surface area contributed by atoms with E-state index in [0.717, 1.165) is 15.6 Å². The fourth-order valence-electron chi connectivity index (χ4n) is 1.89. The van der Waals surface area contributed by atoms with Gasteiger partial charge in [-0.15, -0.1) is 11.3 Å². The van der Waals surface area contributed by atoms with E-state index in [0.29, 0.717) is 6.42 Å². The molecule has 1 heterocycles. The zero-order valence-corrected chi connectivity index (χ0v) is 13.9. The molecule has 21 heavy (non-hydrogen) atoms. The van der Waals surface area contributed by atoms with Gasteiger partial charge in [-0.3, -0.25) is 4.79 Å². The molecule has 0 fully saturated rings. The first kappa shape index (κ1) is 17.4. The maximum absolute atomic E-state index is 11.9. The predicted octanol–water partition coefficient (Wildman–Crippen LogP) is 2.62. The van der Waals surface area contributed by atoms with E-state index in [1.54, 1.807) is 25.2 Å². The van der Waals surface area contributed by atoms with Gasteiger partial charge in [-0.25, -0.2) is 9.78 Å². The van der Waals surface area contributed by atoms with Gasteiger partial charge in [0, 0.05) is 11.4 Å². The Labute approximate surface area is 129 Å². The van der Waals surface area contributed by atoms with Gasteiger partial charge in [0.05, 0.1) is 22.2 Å². The number of thiazole rings is 1. The molecule has 1 aromatic heterocycles. The Morgan fingerprint density at radius 1 is 1.43 bits per heavy atom. The van der Waals surface area contributed by atoms with Crippen molar-refractivity contribution in [1.82, 2.24) is 15.6 Å². The summed E-state index contributed by atoms with van der Waals surface area (Å²) in [5.74, 6) is -0.910. The third-order valence-corrected chi connectivity index (χ3v) is 4.87. The zero-order chi connectivity index (χ0) is 16.2. The average Bonchev–Trinajstić information content (AvgIpc) is 2.74. The molecule has 0 aliphatic rings. The molecule has 3 N–H and O–H groups in total. The van der Waals surface area contributed by atoms with Crippen LogP contribution in [0.3, 0.4) is 0 Å². The second-order valence-corrected chi connectivity index (χ2v) is 6.69. The van der Waals surface area contributed by atoms with Gasteiger partial charge in [0.2, 0.25) is 0 Å². The van der Waals surface area contributed by atoms with Crippen LogP contribution in [0.1, 0.15) is 48.8 Å². The number of hydrogen-bond acceptors (Lipinski definition) is 4. The summed E-state index contributed by atoms with van der Waals surface area (Å²) in [5.41, 5.74) is -0.0355. The molecule has 0 aliphatic carbocycles. The summed E-state index contributed by atoms with van der Waals surface area (Å²) in [6.45, 7) is 9.23. The maximum Gasteiger partial charge on any atom is 0.315 e. The highest BCUT2D eigenvalue weighted by Gasteiger charge is 2.31. The van der Waals surface area contributed by atoms with Crippen molar-refractivity contribution in [3.05, 3.63) is 15.6 Å². The quantitative estimate of drug-likeness (QED) is 0.753. The normalized spacial score (nSPS) is 15.1. The molecule has 1 rings (SSSR count). The molecule has 6 nitrogen and oxygen atoms in total. The SMILES string of the molecule is CCC(C)(CNC(=O)NC(C)c1sc(C)nc1C)C(=O)O. The summed E-state index contributed by atoms with van der Waals surface area (Å²) in [7, 11) is 0. The van der Waals surface area contributed by atoms with Crippen molar-refractivity contribution in [3.63, 3.8) is 0 Å². The number of aromatic nitrogens is 1. The number of carboxylic acid groups (broad SMARTS) is 1. The second kappa shape index (κ2) is 6.89. The van der Waals surface area contributed by atoms with Crippen LogP contribution < -0.4 is 10.6 Å². The molecule has 1 aromatic rings. The number of hydrogen-bond donors (Lipinski definition) is 3. The third kappa shape index (κ3) is 4.42. The maximum atomic E-state index is 11.9. The van der Waals surface area contributed by atoms with Crippen LogP contribution in [0.2, 0.25) is 0 Å². The minimum absolute atomic E-state index is 0.0953. The highest BCUT2D eigenvalue weighted by atomic mass is 32.1. The van der Waals surface area contributed by atoms with E-state index in [4.69, 9.17) is 5.11 Å². The van der Waals surface area contributed by atoms with Gasteiger partial charge in [-0.05, 0) is 34.1 Å². The summed E-state index contributed by atoms with van der Waals surface area (Å²) < 4.78 is 0. The number of rotatable bonds is 6. The Morgan fingerprint density at radius 3 is 2.48 bits per heavy atom. The van der Waals surface area contributed by atoms with Gasteiger partial charge in [0.25, 0.3) is 0 Å². The first-order valence-corrected chi connectivity index (χ1v) is 7.73. The van der Waals surface area contributed by atoms with Gasteiger partial charge < -0.3 is 15.7 Å². The van der Waals surface area contributed by atoms with Crippen LogP contribution in [-0.2, 0) is 4.79 Å². The monoisotopic (exact) mass is 313 g/mol. The topological polar surface area (TPSA) is 91.3 Å². The Kier molecular flexibility index (Phi) is 5.71. The number of aliphatic carboxylic acids is 1. The summed E-state index contributed by atoms with van der Waals surface area (Å²) in [6.07, 6.45) is 0.450. The van der Waals surface area contributed by atoms with E-state index in [2.05, 4.69) is 15.6 Å². The fraction of sp³-hybridized carbons (Fsp3) is 0.643. The third-order valence-electron chi connectivity index (χ3n) is 3.62. The number of carboxylic acids is 1. The van der Waals surface area contributed by atoms with E-state index in [9.17, 15) is 9.59 Å². The molecule has 0 radical (unpaired) electrons. The van der Waals surface area contributed by atoms with E-state index >= 15 is 0 Å². The van der Waals surface area contributed by atoms with Crippen molar-refractivity contribution in [3.8, 4) is 0 Å². The van der Waals surface area contributed by atoms with Crippen molar-refractivity contribution >= 4 is 23.3 Å². The van der Waals surface area contributed by atoms with Gasteiger partial charge in [-0.1, -0.05) is 6.92 Å². The van der Waals surface area contributed by atoms with Crippen molar-refractivity contribution in [1.29, 1.82) is 0 Å². The Balaban J connectivity index is 2.58. The number of carbonyl (C=O) groups excluding carboxylic acids is 1. The first-order chi connectivity index (χ1) is 9.69. The molecule has 0 aliphatic heterocycles. The fourth-order valence-corrected chi connectivity index (χ4v) is 2.82. The first-order valence-electron chi connectivity index (χ1n) is 6.91. The van der Waals surface area contributed by atoms with Gasteiger partial charge in [0.15, 0.2) is 0 Å². The number of nitrogens with one attached hydrogen (secondary N) is 2. The zero-order valence-electron chi connectivity index (χ0n) is 13.1. The average molecular weight is 313 g/mol. The molecule has 118 valence electrons. The highest BCUT2D eigenvalue weighted by molar-refractivity contribution is 7.11. The lowest BCUT2D eigenvalue weighted by molar-refractivity contribution is -0.147. The standard InChI is InChI=1S/C14H23N3O3S/c1-6-14(5,12(18)19)7-15-13(20)17-9(3)11-8(2)16-10(4)21-11/h9H,6-7H2,1-5H3,(H,18,19)(H2,15,17,20). The summed E-state index contributed by atoms with van der Waals surface area (Å²) in [6, 6.07) is -0.525. The Morgan fingerprint density at radius 2 is 2.05 bits per heavy atom. The summed E-state index contributed by atoms with van der Waals surface area (Å²) in [4.78, 5) is 28.4. The molecule has 2 amide bonds. The van der Waals surface area contributed by atoms with Crippen LogP contribution in [0.5, 0.6) is 0 Å². The number of carbonyl (C=O) groups is 2. The number of aryl methyl sites for hydroxylation is 2. The lowest BCUT2D eigenvalue weighted by atomic mass is 9.88. The van der Waals surface area contributed by atoms with Crippen molar-refractivity contribution in [2.24, 2.45) is 5.41 Å². The Bertz CT molecular complexity index is 530. The van der Waals surface area contributed by atoms with E-state index < -0.39 is 11.4 Å². The Hall–Kier alpha value is -1.63. The molecule has 0 bridgehead atoms. The van der Waals surface area contributed by atoms with Gasteiger partial charge in [-0.2, -0.15) is 0 Å². The minimum atomic E-state index is -0.947. The van der Waals surface area contributed by atoms with Gasteiger partial charge in [0.1, 0.15) is 0 Å². The van der Waals surface area contributed by atoms with E-state index in [-0.39, 0.29) is 18.6 Å². The molecule has 0 saturated carbocycles. The molecule has 0 aromatic carbocycles. The molecular weight excluding hydrogens is 290 g/mol. The second-order valence-electron chi connectivity index (χ2n) is 5.45. The van der Waals surface area contributed by atoms with Crippen LogP contribution in [0.4, 0.5) is 4.79 Å². The van der Waals surface area contributed by atoms with Crippen LogP contribution in [0.15, 0.2) is 0 Å². The lowest BCUT2D eigenvalue weighted by Crippen LogP contribution is -2.45. The van der Waals surface area contributed by atoms with Crippen LogP contribution >= 0.6 is 11.3 Å².